The van der Waals surface area contributed by atoms with Gasteiger partial charge in [0, 0.05) is 18.9 Å². The molecule has 1 aliphatic rings. The van der Waals surface area contributed by atoms with E-state index in [2.05, 4.69) is 11.9 Å². The van der Waals surface area contributed by atoms with Gasteiger partial charge in [-0.2, -0.15) is 0 Å². The van der Waals surface area contributed by atoms with Crippen LogP contribution in [0.1, 0.15) is 49.5 Å². The van der Waals surface area contributed by atoms with Crippen molar-refractivity contribution in [1.29, 1.82) is 0 Å². The predicted octanol–water partition coefficient (Wildman–Crippen LogP) is 4.10. The van der Waals surface area contributed by atoms with E-state index in [1.165, 1.54) is 12.8 Å². The van der Waals surface area contributed by atoms with Crippen molar-refractivity contribution < 1.29 is 14.6 Å². The number of rotatable bonds is 7. The topological polar surface area (TPSA) is 71.6 Å². The maximum atomic E-state index is 11.3. The first-order valence-corrected chi connectivity index (χ1v) is 10.0. The van der Waals surface area contributed by atoms with Gasteiger partial charge in [0.2, 0.25) is 5.88 Å². The van der Waals surface area contributed by atoms with Gasteiger partial charge < -0.3 is 14.6 Å². The summed E-state index contributed by atoms with van der Waals surface area (Å²) in [5.41, 5.74) is 1.23. The molecule has 1 heterocycles. The smallest absolute Gasteiger partial charge is 0.307 e. The van der Waals surface area contributed by atoms with Crippen LogP contribution in [-0.4, -0.2) is 29.9 Å². The van der Waals surface area contributed by atoms with Gasteiger partial charge in [0.25, 0.3) is 0 Å². The minimum Gasteiger partial charge on any atom is -0.494 e. The van der Waals surface area contributed by atoms with E-state index in [4.69, 9.17) is 9.47 Å². The van der Waals surface area contributed by atoms with E-state index >= 15 is 0 Å². The van der Waals surface area contributed by atoms with Gasteiger partial charge in [-0.05, 0) is 43.4 Å². The lowest BCUT2D eigenvalue weighted by molar-refractivity contribution is -0.0110. The summed E-state index contributed by atoms with van der Waals surface area (Å²) in [6.07, 6.45) is 6.55. The van der Waals surface area contributed by atoms with Crippen molar-refractivity contribution in [2.24, 2.45) is 5.41 Å². The number of aromatic hydroxyl groups is 1. The van der Waals surface area contributed by atoms with Gasteiger partial charge in [-0.15, -0.1) is 0 Å². The molecule has 0 saturated heterocycles. The van der Waals surface area contributed by atoms with Crippen LogP contribution in [0, 0.1) is 5.41 Å². The van der Waals surface area contributed by atoms with Crippen LogP contribution in [0.3, 0.4) is 0 Å². The lowest BCUT2D eigenvalue weighted by Crippen LogP contribution is -2.36. The van der Waals surface area contributed by atoms with Gasteiger partial charge in [0.15, 0.2) is 0 Å². The fraction of sp³-hybridized carbons (Fsp3) is 0.550. The summed E-state index contributed by atoms with van der Waals surface area (Å²) < 4.78 is 11.7. The Labute approximate surface area is 158 Å². The van der Waals surface area contributed by atoms with E-state index in [1.807, 2.05) is 24.3 Å². The molecule has 1 aliphatic carbocycles. The number of H-pyrrole nitrogens is 1. The van der Waals surface area contributed by atoms with Gasteiger partial charge >= 0.3 is 4.87 Å². The summed E-state index contributed by atoms with van der Waals surface area (Å²) in [5, 5.41) is 9.69. The molecule has 0 amide bonds. The molecule has 1 aromatic heterocycles. The predicted molar refractivity (Wildman–Crippen MR) is 103 cm³/mol. The van der Waals surface area contributed by atoms with Crippen molar-refractivity contribution in [2.75, 3.05) is 13.7 Å². The molecular formula is C20H27NO4S. The van der Waals surface area contributed by atoms with Gasteiger partial charge in [-0.25, -0.2) is 0 Å². The van der Waals surface area contributed by atoms with Crippen molar-refractivity contribution in [1.82, 2.24) is 4.98 Å². The molecule has 1 fully saturated rings. The number of methoxy groups -OCH3 is 1. The summed E-state index contributed by atoms with van der Waals surface area (Å²) in [6, 6.07) is 7.89. The molecule has 2 aromatic rings. The number of hydrogen-bond acceptors (Lipinski definition) is 5. The Hall–Kier alpha value is -1.79. The minimum atomic E-state index is -0.232. The van der Waals surface area contributed by atoms with Crippen molar-refractivity contribution >= 4 is 11.3 Å². The Morgan fingerprint density at radius 2 is 2.12 bits per heavy atom. The summed E-state index contributed by atoms with van der Waals surface area (Å²) in [6.45, 7) is 2.95. The fourth-order valence-corrected chi connectivity index (χ4v) is 4.50. The second-order valence-corrected chi connectivity index (χ2v) is 8.27. The lowest BCUT2D eigenvalue weighted by atomic mass is 9.71. The fourth-order valence-electron chi connectivity index (χ4n) is 3.74. The van der Waals surface area contributed by atoms with E-state index in [-0.39, 0.29) is 16.2 Å². The highest BCUT2D eigenvalue weighted by atomic mass is 32.1. The average molecular weight is 378 g/mol. The Balaban J connectivity index is 1.60. The number of hydrogen-bond donors (Lipinski definition) is 2. The number of thiazole rings is 1. The van der Waals surface area contributed by atoms with Gasteiger partial charge in [-0.3, -0.25) is 9.78 Å². The molecule has 142 valence electrons. The summed E-state index contributed by atoms with van der Waals surface area (Å²) in [5.74, 6) is 0.822. The molecule has 2 unspecified atom stereocenters. The zero-order valence-corrected chi connectivity index (χ0v) is 16.2. The third-order valence-electron chi connectivity index (χ3n) is 5.51. The molecular weight excluding hydrogens is 350 g/mol. The molecule has 26 heavy (non-hydrogen) atoms. The van der Waals surface area contributed by atoms with E-state index in [9.17, 15) is 9.90 Å². The Kier molecular flexibility index (Phi) is 6.04. The van der Waals surface area contributed by atoms with E-state index in [0.29, 0.717) is 24.0 Å². The second-order valence-electron chi connectivity index (χ2n) is 7.20. The highest BCUT2D eigenvalue weighted by molar-refractivity contribution is 7.09. The maximum Gasteiger partial charge on any atom is 0.307 e. The van der Waals surface area contributed by atoms with Crippen molar-refractivity contribution in [3.63, 3.8) is 0 Å². The number of nitrogens with one attached hydrogen (secondary N) is 1. The minimum absolute atomic E-state index is 0.0322. The van der Waals surface area contributed by atoms with Crippen LogP contribution < -0.4 is 9.61 Å². The SMILES string of the molecule is CCC1(COc2ccc(Cc3sc(=O)[nH]c3O)cc2)CCCC(OC)C1. The second kappa shape index (κ2) is 8.27. The number of aromatic amines is 1. The quantitative estimate of drug-likeness (QED) is 0.762. The standard InChI is InChI=1S/C20H27NO4S/c1-3-20(10-4-5-16(12-20)24-2)13-25-15-8-6-14(7-9-15)11-17-18(22)21-19(23)26-17/h6-9,16,22H,3-5,10-13H2,1-2H3,(H,21,23). The van der Waals surface area contributed by atoms with Crippen LogP contribution in [0.2, 0.25) is 0 Å². The Bertz CT molecular complexity index is 767. The molecule has 0 radical (unpaired) electrons. The Morgan fingerprint density at radius 3 is 2.73 bits per heavy atom. The first-order valence-electron chi connectivity index (χ1n) is 9.19. The van der Waals surface area contributed by atoms with Crippen LogP contribution in [0.25, 0.3) is 0 Å². The van der Waals surface area contributed by atoms with Crippen molar-refractivity contribution in [3.8, 4) is 11.6 Å². The molecule has 6 heteroatoms. The van der Waals surface area contributed by atoms with Crippen LogP contribution in [0.5, 0.6) is 11.6 Å². The largest absolute Gasteiger partial charge is 0.494 e. The van der Waals surface area contributed by atoms with Gasteiger partial charge in [0.1, 0.15) is 5.75 Å². The molecule has 2 N–H and O–H groups in total. The molecule has 1 saturated carbocycles. The first kappa shape index (κ1) is 19.0. The highest BCUT2D eigenvalue weighted by Gasteiger charge is 2.35. The van der Waals surface area contributed by atoms with Crippen LogP contribution in [-0.2, 0) is 11.2 Å². The molecule has 0 spiro atoms. The van der Waals surface area contributed by atoms with Crippen molar-refractivity contribution in [3.05, 3.63) is 44.4 Å². The van der Waals surface area contributed by atoms with Crippen LogP contribution in [0.4, 0.5) is 0 Å². The molecule has 2 atom stereocenters. The molecule has 0 aliphatic heterocycles. The average Bonchev–Trinajstić information content (AvgIpc) is 2.98. The third-order valence-corrected chi connectivity index (χ3v) is 6.38. The summed E-state index contributed by atoms with van der Waals surface area (Å²) in [7, 11) is 1.80. The monoisotopic (exact) mass is 377 g/mol. The molecule has 5 nitrogen and oxygen atoms in total. The molecule has 0 bridgehead atoms. The molecule has 3 rings (SSSR count). The number of ether oxygens (including phenoxy) is 2. The molecule has 1 aromatic carbocycles. The summed E-state index contributed by atoms with van der Waals surface area (Å²) >= 11 is 1.04. The highest BCUT2D eigenvalue weighted by Crippen LogP contribution is 2.40. The summed E-state index contributed by atoms with van der Waals surface area (Å²) in [4.78, 5) is 14.1. The number of benzene rings is 1. The third kappa shape index (κ3) is 4.48. The zero-order valence-electron chi connectivity index (χ0n) is 15.4. The van der Waals surface area contributed by atoms with Crippen molar-refractivity contribution in [2.45, 2.75) is 51.6 Å². The van der Waals surface area contributed by atoms with E-state index in [1.54, 1.807) is 7.11 Å². The first-order chi connectivity index (χ1) is 12.5. The Morgan fingerprint density at radius 1 is 1.35 bits per heavy atom. The zero-order chi connectivity index (χ0) is 18.6. The van der Waals surface area contributed by atoms with E-state index < -0.39 is 0 Å². The lowest BCUT2D eigenvalue weighted by Gasteiger charge is -2.39. The van der Waals surface area contributed by atoms with Gasteiger partial charge in [0.05, 0.1) is 17.6 Å². The number of aromatic nitrogens is 1. The van der Waals surface area contributed by atoms with Crippen LogP contribution in [0.15, 0.2) is 29.1 Å². The van der Waals surface area contributed by atoms with Gasteiger partial charge in [-0.1, -0.05) is 36.8 Å². The maximum absolute atomic E-state index is 11.3. The van der Waals surface area contributed by atoms with E-state index in [0.717, 1.165) is 41.9 Å². The normalized spacial score (nSPS) is 23.1. The van der Waals surface area contributed by atoms with Crippen LogP contribution >= 0.6 is 11.3 Å².